The van der Waals surface area contributed by atoms with E-state index in [1.165, 1.54) is 18.2 Å². The molecule has 8 heteroatoms. The first-order chi connectivity index (χ1) is 12.5. The second-order valence-electron chi connectivity index (χ2n) is 5.63. The number of aliphatic hydroxyl groups excluding tert-OH is 1. The Labute approximate surface area is 153 Å². The van der Waals surface area contributed by atoms with E-state index in [0.717, 1.165) is 16.5 Å². The lowest BCUT2D eigenvalue weighted by Crippen LogP contribution is -2.27. The van der Waals surface area contributed by atoms with Gasteiger partial charge in [-0.3, -0.25) is 14.9 Å². The number of hydrazine groups is 1. The van der Waals surface area contributed by atoms with Crippen molar-refractivity contribution in [3.63, 3.8) is 0 Å². The van der Waals surface area contributed by atoms with Crippen LogP contribution in [-0.2, 0) is 17.9 Å². The number of aliphatic hydroxyl groups is 1. The highest BCUT2D eigenvalue weighted by Crippen LogP contribution is 2.25. The van der Waals surface area contributed by atoms with Gasteiger partial charge in [0.25, 0.3) is 5.91 Å². The number of halogens is 2. The molecule has 0 bridgehead atoms. The van der Waals surface area contributed by atoms with Crippen molar-refractivity contribution >= 4 is 34.5 Å². The van der Waals surface area contributed by atoms with Gasteiger partial charge in [-0.25, -0.2) is 10.2 Å². The smallest absolute Gasteiger partial charge is 0.257 e. The number of benzene rings is 2. The number of nitrogens with zero attached hydrogens (tertiary/aromatic N) is 2. The van der Waals surface area contributed by atoms with E-state index in [1.54, 1.807) is 29.0 Å². The van der Waals surface area contributed by atoms with Crippen LogP contribution >= 0.6 is 11.6 Å². The second kappa shape index (κ2) is 7.65. The molecule has 0 unspecified atom stereocenters. The molecule has 134 valence electrons. The molecule has 0 spiro atoms. The van der Waals surface area contributed by atoms with E-state index in [-0.39, 0.29) is 6.61 Å². The number of fused-ring (bicyclic) bond motifs is 1. The summed E-state index contributed by atoms with van der Waals surface area (Å²) in [6.45, 7) is 0.195. The third-order valence-corrected chi connectivity index (χ3v) is 4.25. The molecule has 0 radical (unpaired) electrons. The molecule has 3 aromatic rings. The highest BCUT2D eigenvalue weighted by molar-refractivity contribution is 6.31. The molecule has 26 heavy (non-hydrogen) atoms. The minimum atomic E-state index is -0.457. The molecule has 3 rings (SSSR count). The fourth-order valence-corrected chi connectivity index (χ4v) is 2.83. The van der Waals surface area contributed by atoms with Crippen LogP contribution in [0.15, 0.2) is 42.5 Å². The zero-order valence-corrected chi connectivity index (χ0v) is 14.4. The summed E-state index contributed by atoms with van der Waals surface area (Å²) in [4.78, 5) is 11.4. The Balaban J connectivity index is 2.08. The van der Waals surface area contributed by atoms with Crippen molar-refractivity contribution < 1.29 is 14.3 Å². The van der Waals surface area contributed by atoms with Crippen LogP contribution in [0.3, 0.4) is 0 Å². The van der Waals surface area contributed by atoms with Gasteiger partial charge in [-0.1, -0.05) is 29.8 Å². The molecule has 0 aliphatic rings. The van der Waals surface area contributed by atoms with Crippen molar-refractivity contribution in [2.24, 2.45) is 5.84 Å². The number of nitrogens with one attached hydrogen (secondary N) is 1. The molecule has 0 aliphatic heterocycles. The zero-order chi connectivity index (χ0) is 18.7. The van der Waals surface area contributed by atoms with E-state index in [1.807, 2.05) is 11.5 Å². The van der Waals surface area contributed by atoms with Crippen molar-refractivity contribution in [2.75, 3.05) is 0 Å². The molecule has 1 aromatic heterocycles. The second-order valence-corrected chi connectivity index (χ2v) is 6.04. The molecular weight excluding hydrogens is 359 g/mol. The SMILES string of the molecule is NNC(=O)/C=C/c1nn(Cc2ccc(F)cc2Cl)c2cc(CO)ccc12. The number of aromatic nitrogens is 2. The van der Waals surface area contributed by atoms with E-state index < -0.39 is 11.7 Å². The van der Waals surface area contributed by atoms with Gasteiger partial charge in [0.05, 0.1) is 24.4 Å². The van der Waals surface area contributed by atoms with Crippen LogP contribution in [0.5, 0.6) is 0 Å². The lowest BCUT2D eigenvalue weighted by Gasteiger charge is -2.07. The Morgan fingerprint density at radius 2 is 2.15 bits per heavy atom. The summed E-state index contributed by atoms with van der Waals surface area (Å²) in [6, 6.07) is 9.57. The van der Waals surface area contributed by atoms with Crippen LogP contribution in [0, 0.1) is 5.82 Å². The average molecular weight is 375 g/mol. The minimum absolute atomic E-state index is 0.112. The summed E-state index contributed by atoms with van der Waals surface area (Å²) in [5, 5.41) is 15.0. The first-order valence-electron chi connectivity index (χ1n) is 7.74. The Hall–Kier alpha value is -2.74. The van der Waals surface area contributed by atoms with Crippen LogP contribution in [0.2, 0.25) is 5.02 Å². The molecule has 0 saturated carbocycles. The lowest BCUT2D eigenvalue weighted by atomic mass is 10.1. The molecule has 0 atom stereocenters. The monoisotopic (exact) mass is 374 g/mol. The van der Waals surface area contributed by atoms with Gasteiger partial charge < -0.3 is 5.11 Å². The van der Waals surface area contributed by atoms with Crippen LogP contribution in [0.4, 0.5) is 4.39 Å². The number of nitrogens with two attached hydrogens (primary N) is 1. The zero-order valence-electron chi connectivity index (χ0n) is 13.6. The largest absolute Gasteiger partial charge is 0.392 e. The third-order valence-electron chi connectivity index (χ3n) is 3.90. The van der Waals surface area contributed by atoms with Gasteiger partial charge in [-0.15, -0.1) is 0 Å². The van der Waals surface area contributed by atoms with E-state index in [9.17, 15) is 14.3 Å². The van der Waals surface area contributed by atoms with Gasteiger partial charge in [0.2, 0.25) is 0 Å². The average Bonchev–Trinajstić information content (AvgIpc) is 2.98. The van der Waals surface area contributed by atoms with Gasteiger partial charge >= 0.3 is 0 Å². The molecule has 0 aliphatic carbocycles. The quantitative estimate of drug-likeness (QED) is 0.276. The molecule has 6 nitrogen and oxygen atoms in total. The van der Waals surface area contributed by atoms with Crippen molar-refractivity contribution in [3.05, 3.63) is 70.1 Å². The summed E-state index contributed by atoms with van der Waals surface area (Å²) in [7, 11) is 0. The summed E-state index contributed by atoms with van der Waals surface area (Å²) in [5.74, 6) is 4.20. The number of amides is 1. The van der Waals surface area contributed by atoms with E-state index in [4.69, 9.17) is 17.4 Å². The first kappa shape index (κ1) is 18.1. The van der Waals surface area contributed by atoms with E-state index in [2.05, 4.69) is 5.10 Å². The number of carbonyl (C=O) groups excluding carboxylic acids is 1. The predicted molar refractivity (Wildman–Crippen MR) is 97.5 cm³/mol. The minimum Gasteiger partial charge on any atom is -0.392 e. The lowest BCUT2D eigenvalue weighted by molar-refractivity contribution is -0.116. The first-order valence-corrected chi connectivity index (χ1v) is 8.12. The molecule has 2 aromatic carbocycles. The van der Waals surface area contributed by atoms with Crippen molar-refractivity contribution in [1.29, 1.82) is 0 Å². The van der Waals surface area contributed by atoms with E-state index >= 15 is 0 Å². The highest BCUT2D eigenvalue weighted by Gasteiger charge is 2.12. The van der Waals surface area contributed by atoms with Crippen LogP contribution in [0.1, 0.15) is 16.8 Å². The van der Waals surface area contributed by atoms with E-state index in [0.29, 0.717) is 22.8 Å². The van der Waals surface area contributed by atoms with Gasteiger partial charge in [0, 0.05) is 16.5 Å². The third kappa shape index (κ3) is 3.75. The highest BCUT2D eigenvalue weighted by atomic mass is 35.5. The summed E-state index contributed by atoms with van der Waals surface area (Å²) in [5.41, 5.74) is 4.75. The number of hydrogen-bond acceptors (Lipinski definition) is 4. The molecule has 0 saturated heterocycles. The topological polar surface area (TPSA) is 93.2 Å². The summed E-state index contributed by atoms with van der Waals surface area (Å²) >= 11 is 6.12. The van der Waals surface area contributed by atoms with Crippen molar-refractivity contribution in [1.82, 2.24) is 15.2 Å². The van der Waals surface area contributed by atoms with Gasteiger partial charge in [0.15, 0.2) is 0 Å². The molecule has 1 heterocycles. The van der Waals surface area contributed by atoms with Crippen molar-refractivity contribution in [3.8, 4) is 0 Å². The maximum absolute atomic E-state index is 13.3. The number of hydrogen-bond donors (Lipinski definition) is 3. The predicted octanol–water partition coefficient (Wildman–Crippen LogP) is 2.37. The number of carbonyl (C=O) groups is 1. The summed E-state index contributed by atoms with van der Waals surface area (Å²) in [6.07, 6.45) is 2.82. The Morgan fingerprint density at radius 1 is 1.35 bits per heavy atom. The standard InChI is InChI=1S/C18H16ClFN4O2/c19-15-8-13(20)3-2-12(15)9-24-17-7-11(10-25)1-4-14(17)16(23-24)5-6-18(26)22-21/h1-8,25H,9-10,21H2,(H,22,26)/b6-5+. The molecule has 1 amide bonds. The number of rotatable bonds is 5. The molecule has 4 N–H and O–H groups in total. The van der Waals surface area contributed by atoms with Crippen LogP contribution < -0.4 is 11.3 Å². The molecular formula is C18H16ClFN4O2. The van der Waals surface area contributed by atoms with Gasteiger partial charge in [0.1, 0.15) is 5.82 Å². The van der Waals surface area contributed by atoms with Gasteiger partial charge in [-0.2, -0.15) is 5.10 Å². The Kier molecular flexibility index (Phi) is 5.32. The van der Waals surface area contributed by atoms with Crippen LogP contribution in [-0.4, -0.2) is 20.8 Å². The summed E-state index contributed by atoms with van der Waals surface area (Å²) < 4.78 is 14.9. The molecule has 0 fully saturated rings. The normalized spacial score (nSPS) is 11.4. The van der Waals surface area contributed by atoms with Crippen LogP contribution in [0.25, 0.3) is 17.0 Å². The van der Waals surface area contributed by atoms with Crippen molar-refractivity contribution in [2.45, 2.75) is 13.2 Å². The fourth-order valence-electron chi connectivity index (χ4n) is 2.60. The Morgan fingerprint density at radius 3 is 2.85 bits per heavy atom. The fraction of sp³-hybridized carbons (Fsp3) is 0.111. The Bertz CT molecular complexity index is 1000. The maximum Gasteiger partial charge on any atom is 0.257 e. The maximum atomic E-state index is 13.3. The van der Waals surface area contributed by atoms with Gasteiger partial charge in [-0.05, 0) is 35.4 Å².